The lowest BCUT2D eigenvalue weighted by molar-refractivity contribution is 0.0500. The smallest absolute Gasteiger partial charge is 0.450 e. The van der Waals surface area contributed by atoms with Gasteiger partial charge in [-0.15, -0.1) is 0 Å². The molecule has 0 unspecified atom stereocenters. The van der Waals surface area contributed by atoms with Crippen LogP contribution in [0.5, 0.6) is 0 Å². The van der Waals surface area contributed by atoms with Crippen LogP contribution in [0.25, 0.3) is 0 Å². The normalized spacial score (nSPS) is 29.7. The van der Waals surface area contributed by atoms with E-state index in [9.17, 15) is 4.79 Å². The van der Waals surface area contributed by atoms with Gasteiger partial charge >= 0.3 is 6.16 Å². The average Bonchev–Trinajstić information content (AvgIpc) is 2.47. The SMILES string of the molecule is CCC[C@H]1O[C@@H]1OC(=O)O. The third-order valence-corrected chi connectivity index (χ3v) is 1.33. The van der Waals surface area contributed by atoms with Gasteiger partial charge in [0.1, 0.15) is 6.10 Å². The minimum Gasteiger partial charge on any atom is -0.450 e. The fourth-order valence-electron chi connectivity index (χ4n) is 0.819. The third kappa shape index (κ3) is 1.88. The van der Waals surface area contributed by atoms with E-state index >= 15 is 0 Å². The Kier molecular flexibility index (Phi) is 2.11. The van der Waals surface area contributed by atoms with Crippen LogP contribution >= 0.6 is 0 Å². The molecule has 1 rings (SSSR count). The summed E-state index contributed by atoms with van der Waals surface area (Å²) in [5, 5.41) is 8.11. The van der Waals surface area contributed by atoms with Crippen molar-refractivity contribution >= 4 is 6.16 Å². The summed E-state index contributed by atoms with van der Waals surface area (Å²) in [6.45, 7) is 2.01. The molecule has 0 aromatic rings. The van der Waals surface area contributed by atoms with Gasteiger partial charge in [-0.2, -0.15) is 0 Å². The van der Waals surface area contributed by atoms with Gasteiger partial charge in [0.2, 0.25) is 6.29 Å². The fraction of sp³-hybridized carbons (Fsp3) is 0.833. The lowest BCUT2D eigenvalue weighted by Gasteiger charge is -1.90. The van der Waals surface area contributed by atoms with E-state index in [0.29, 0.717) is 0 Å². The van der Waals surface area contributed by atoms with Gasteiger partial charge < -0.3 is 14.6 Å². The van der Waals surface area contributed by atoms with Crippen molar-refractivity contribution < 1.29 is 19.4 Å². The molecule has 0 saturated carbocycles. The molecule has 0 aromatic carbocycles. The van der Waals surface area contributed by atoms with E-state index in [1.807, 2.05) is 6.92 Å². The van der Waals surface area contributed by atoms with Gasteiger partial charge in [0.15, 0.2) is 0 Å². The van der Waals surface area contributed by atoms with E-state index < -0.39 is 12.4 Å². The molecule has 0 radical (unpaired) electrons. The predicted octanol–water partition coefficient (Wildman–Crippen LogP) is 1.21. The van der Waals surface area contributed by atoms with Crippen molar-refractivity contribution in [2.75, 3.05) is 0 Å². The topological polar surface area (TPSA) is 59.1 Å². The quantitative estimate of drug-likeness (QED) is 0.480. The highest BCUT2D eigenvalue weighted by molar-refractivity contribution is 5.57. The van der Waals surface area contributed by atoms with E-state index in [2.05, 4.69) is 4.74 Å². The highest BCUT2D eigenvalue weighted by Gasteiger charge is 2.41. The van der Waals surface area contributed by atoms with Crippen LogP contribution < -0.4 is 0 Å². The number of carbonyl (C=O) groups is 1. The number of hydrogen-bond acceptors (Lipinski definition) is 3. The maximum Gasteiger partial charge on any atom is 0.508 e. The average molecular weight is 146 g/mol. The Labute approximate surface area is 58.7 Å². The Bertz CT molecular complexity index is 134. The van der Waals surface area contributed by atoms with Crippen LogP contribution in [0.3, 0.4) is 0 Å². The predicted molar refractivity (Wildman–Crippen MR) is 32.7 cm³/mol. The summed E-state index contributed by atoms with van der Waals surface area (Å²) < 4.78 is 9.19. The maximum atomic E-state index is 9.90. The van der Waals surface area contributed by atoms with E-state index in [1.54, 1.807) is 0 Å². The van der Waals surface area contributed by atoms with Gasteiger partial charge in [-0.25, -0.2) is 4.79 Å². The molecule has 2 atom stereocenters. The van der Waals surface area contributed by atoms with Crippen LogP contribution in [-0.4, -0.2) is 23.7 Å². The molecule has 1 N–H and O–H groups in total. The molecule has 58 valence electrons. The number of hydrogen-bond donors (Lipinski definition) is 1. The largest absolute Gasteiger partial charge is 0.508 e. The Hall–Kier alpha value is -0.770. The van der Waals surface area contributed by atoms with Gasteiger partial charge in [-0.05, 0) is 6.42 Å². The zero-order chi connectivity index (χ0) is 7.56. The second kappa shape index (κ2) is 2.88. The van der Waals surface area contributed by atoms with E-state index in [1.165, 1.54) is 0 Å². The van der Waals surface area contributed by atoms with Crippen molar-refractivity contribution in [1.82, 2.24) is 0 Å². The lowest BCUT2D eigenvalue weighted by Crippen LogP contribution is -2.05. The molecule has 0 spiro atoms. The molecule has 1 heterocycles. The van der Waals surface area contributed by atoms with Gasteiger partial charge in [0.05, 0.1) is 0 Å². The first-order valence-corrected chi connectivity index (χ1v) is 3.29. The fourth-order valence-corrected chi connectivity index (χ4v) is 0.819. The lowest BCUT2D eigenvalue weighted by atomic mass is 10.3. The summed E-state index contributed by atoms with van der Waals surface area (Å²) >= 11 is 0. The van der Waals surface area contributed by atoms with Crippen molar-refractivity contribution in [2.45, 2.75) is 32.2 Å². The Balaban J connectivity index is 2.07. The van der Waals surface area contributed by atoms with E-state index in [0.717, 1.165) is 12.8 Å². The van der Waals surface area contributed by atoms with Crippen LogP contribution in [0.15, 0.2) is 0 Å². The minimum atomic E-state index is -1.26. The Morgan fingerprint density at radius 1 is 1.80 bits per heavy atom. The maximum absolute atomic E-state index is 9.90. The van der Waals surface area contributed by atoms with Crippen molar-refractivity contribution in [1.29, 1.82) is 0 Å². The van der Waals surface area contributed by atoms with Gasteiger partial charge in [0.25, 0.3) is 0 Å². The molecule has 1 saturated heterocycles. The molecule has 4 heteroatoms. The van der Waals surface area contributed by atoms with Crippen molar-refractivity contribution in [3.8, 4) is 0 Å². The van der Waals surface area contributed by atoms with Crippen LogP contribution in [0, 0.1) is 0 Å². The van der Waals surface area contributed by atoms with Crippen LogP contribution in [-0.2, 0) is 9.47 Å². The van der Waals surface area contributed by atoms with Crippen molar-refractivity contribution in [3.05, 3.63) is 0 Å². The molecule has 0 bridgehead atoms. The second-order valence-electron chi connectivity index (χ2n) is 2.22. The van der Waals surface area contributed by atoms with Gasteiger partial charge in [0, 0.05) is 0 Å². The zero-order valence-electron chi connectivity index (χ0n) is 5.74. The molecule has 1 fully saturated rings. The Morgan fingerprint density at radius 2 is 2.50 bits per heavy atom. The summed E-state index contributed by atoms with van der Waals surface area (Å²) in [7, 11) is 0. The molecule has 0 aliphatic carbocycles. The van der Waals surface area contributed by atoms with Gasteiger partial charge in [-0.1, -0.05) is 13.3 Å². The van der Waals surface area contributed by atoms with E-state index in [4.69, 9.17) is 9.84 Å². The van der Waals surface area contributed by atoms with Crippen LogP contribution in [0.2, 0.25) is 0 Å². The molecular formula is C6H10O4. The zero-order valence-corrected chi connectivity index (χ0v) is 5.74. The first kappa shape index (κ1) is 7.34. The Morgan fingerprint density at radius 3 is 3.00 bits per heavy atom. The molecule has 0 amide bonds. The molecule has 1 aliphatic rings. The highest BCUT2D eigenvalue weighted by Crippen LogP contribution is 2.27. The first-order chi connectivity index (χ1) is 4.74. The summed E-state index contributed by atoms with van der Waals surface area (Å²) in [4.78, 5) is 9.90. The summed E-state index contributed by atoms with van der Waals surface area (Å²) in [6, 6.07) is 0. The monoisotopic (exact) mass is 146 g/mol. The molecule has 1 aliphatic heterocycles. The van der Waals surface area contributed by atoms with Crippen LogP contribution in [0.1, 0.15) is 19.8 Å². The number of rotatable bonds is 3. The molecule has 0 aromatic heterocycles. The molecular weight excluding hydrogens is 136 g/mol. The number of ether oxygens (including phenoxy) is 2. The van der Waals surface area contributed by atoms with Crippen molar-refractivity contribution in [2.24, 2.45) is 0 Å². The minimum absolute atomic E-state index is 0.0149. The summed E-state index contributed by atoms with van der Waals surface area (Å²) in [5.74, 6) is 0. The third-order valence-electron chi connectivity index (χ3n) is 1.33. The van der Waals surface area contributed by atoms with Crippen LogP contribution in [0.4, 0.5) is 4.79 Å². The highest BCUT2D eigenvalue weighted by atomic mass is 16.8. The van der Waals surface area contributed by atoms with E-state index in [-0.39, 0.29) is 6.10 Å². The number of carboxylic acid groups (broad SMARTS) is 1. The second-order valence-corrected chi connectivity index (χ2v) is 2.22. The van der Waals surface area contributed by atoms with Gasteiger partial charge in [-0.3, -0.25) is 0 Å². The molecule has 10 heavy (non-hydrogen) atoms. The first-order valence-electron chi connectivity index (χ1n) is 3.29. The number of epoxide rings is 1. The molecule has 4 nitrogen and oxygen atoms in total. The summed E-state index contributed by atoms with van der Waals surface area (Å²) in [5.41, 5.74) is 0. The standard InChI is InChI=1S/C6H10O4/c1-2-3-4-5(9-4)10-6(7)8/h4-5H,2-3H2,1H3,(H,7,8)/t4-,5-/m1/s1. The van der Waals surface area contributed by atoms with Crippen molar-refractivity contribution in [3.63, 3.8) is 0 Å². The summed E-state index contributed by atoms with van der Waals surface area (Å²) in [6.07, 6.45) is 0.129.